The van der Waals surface area contributed by atoms with Gasteiger partial charge < -0.3 is 14.2 Å². The van der Waals surface area contributed by atoms with Gasteiger partial charge in [-0.25, -0.2) is 4.98 Å². The Labute approximate surface area is 182 Å². The van der Waals surface area contributed by atoms with Crippen LogP contribution < -0.4 is 4.90 Å². The average molecular weight is 415 g/mol. The Bertz CT molecular complexity index is 1100. The van der Waals surface area contributed by atoms with E-state index < -0.39 is 0 Å². The van der Waals surface area contributed by atoms with Gasteiger partial charge in [0, 0.05) is 31.2 Å². The maximum Gasteiger partial charge on any atom is 0.289 e. The van der Waals surface area contributed by atoms with E-state index in [4.69, 9.17) is 9.40 Å². The van der Waals surface area contributed by atoms with Crippen LogP contribution in [0.15, 0.2) is 59.2 Å². The van der Waals surface area contributed by atoms with Gasteiger partial charge in [0.05, 0.1) is 17.5 Å². The predicted octanol–water partition coefficient (Wildman–Crippen LogP) is 4.69. The predicted molar refractivity (Wildman–Crippen MR) is 120 cm³/mol. The molecule has 0 saturated carbocycles. The van der Waals surface area contributed by atoms with Gasteiger partial charge >= 0.3 is 0 Å². The van der Waals surface area contributed by atoms with Crippen molar-refractivity contribution in [2.24, 2.45) is 0 Å². The van der Waals surface area contributed by atoms with Crippen LogP contribution in [0.5, 0.6) is 0 Å². The van der Waals surface area contributed by atoms with Gasteiger partial charge in [-0.2, -0.15) is 5.26 Å². The second-order valence-electron chi connectivity index (χ2n) is 8.20. The van der Waals surface area contributed by atoms with Gasteiger partial charge in [0.25, 0.3) is 5.91 Å². The van der Waals surface area contributed by atoms with Gasteiger partial charge in [-0.15, -0.1) is 0 Å². The number of nitrogens with zero attached hydrogens (tertiary/aromatic N) is 4. The van der Waals surface area contributed by atoms with Gasteiger partial charge in [-0.3, -0.25) is 4.79 Å². The lowest BCUT2D eigenvalue weighted by atomic mass is 9.96. The lowest BCUT2D eigenvalue weighted by molar-refractivity contribution is 0.0641. The smallest absolute Gasteiger partial charge is 0.289 e. The molecular formula is C25H26N4O2. The van der Waals surface area contributed by atoms with Crippen molar-refractivity contribution < 1.29 is 9.21 Å². The zero-order valence-electron chi connectivity index (χ0n) is 18.1. The van der Waals surface area contributed by atoms with Crippen LogP contribution in [0.25, 0.3) is 11.1 Å². The van der Waals surface area contributed by atoms with Crippen LogP contribution in [0.3, 0.4) is 0 Å². The van der Waals surface area contributed by atoms with Crippen molar-refractivity contribution in [1.82, 2.24) is 9.88 Å². The molecule has 1 aromatic carbocycles. The molecule has 0 spiro atoms. The van der Waals surface area contributed by atoms with Crippen molar-refractivity contribution in [3.8, 4) is 17.2 Å². The van der Waals surface area contributed by atoms with E-state index in [-0.39, 0.29) is 17.9 Å². The van der Waals surface area contributed by atoms with Crippen molar-refractivity contribution in [1.29, 1.82) is 5.26 Å². The standard InChI is InChI=1S/C25H26N4O2/c1-17(2)23-21(19-8-5-4-6-9-19)14-20(15-26)24(27-23)28-11-12-29(18(3)16-28)25(30)22-10-7-13-31-22/h4-10,13-14,17-18H,11-12,16H2,1-3H3. The van der Waals surface area contributed by atoms with Crippen LogP contribution in [-0.4, -0.2) is 41.5 Å². The number of rotatable bonds is 4. The minimum atomic E-state index is -0.104. The number of carbonyl (C=O) groups is 1. The molecule has 0 bridgehead atoms. The van der Waals surface area contributed by atoms with Gasteiger partial charge in [0.2, 0.25) is 0 Å². The molecule has 1 unspecified atom stereocenters. The van der Waals surface area contributed by atoms with Crippen LogP contribution in [0.1, 0.15) is 48.5 Å². The summed E-state index contributed by atoms with van der Waals surface area (Å²) in [5, 5.41) is 9.89. The molecule has 3 aromatic rings. The molecule has 1 amide bonds. The van der Waals surface area contributed by atoms with E-state index in [1.165, 1.54) is 6.26 Å². The summed E-state index contributed by atoms with van der Waals surface area (Å²) in [4.78, 5) is 21.7. The SMILES string of the molecule is CC(C)c1nc(N2CCN(C(=O)c3ccco3)C(C)C2)c(C#N)cc1-c1ccccc1. The van der Waals surface area contributed by atoms with Crippen molar-refractivity contribution in [2.75, 3.05) is 24.5 Å². The molecule has 31 heavy (non-hydrogen) atoms. The highest BCUT2D eigenvalue weighted by Gasteiger charge is 2.31. The Morgan fingerprint density at radius 2 is 1.97 bits per heavy atom. The minimum Gasteiger partial charge on any atom is -0.459 e. The van der Waals surface area contributed by atoms with E-state index in [1.807, 2.05) is 48.2 Å². The molecule has 1 aliphatic heterocycles. The van der Waals surface area contributed by atoms with Crippen LogP contribution in [0, 0.1) is 11.3 Å². The van der Waals surface area contributed by atoms with E-state index in [1.54, 1.807) is 12.1 Å². The molecular weight excluding hydrogens is 388 g/mol. The van der Waals surface area contributed by atoms with E-state index in [0.29, 0.717) is 36.8 Å². The number of hydrogen-bond acceptors (Lipinski definition) is 5. The third kappa shape index (κ3) is 4.04. The average Bonchev–Trinajstić information content (AvgIpc) is 3.33. The fourth-order valence-corrected chi connectivity index (χ4v) is 4.12. The molecule has 1 aliphatic rings. The number of anilines is 1. The van der Waals surface area contributed by atoms with Crippen molar-refractivity contribution in [3.63, 3.8) is 0 Å². The summed E-state index contributed by atoms with van der Waals surface area (Å²) in [6.07, 6.45) is 1.51. The molecule has 2 aromatic heterocycles. The number of nitriles is 1. The number of amides is 1. The summed E-state index contributed by atoms with van der Waals surface area (Å²) in [7, 11) is 0. The molecule has 1 saturated heterocycles. The number of pyridine rings is 1. The molecule has 0 aliphatic carbocycles. The van der Waals surface area contributed by atoms with Crippen LogP contribution in [0.4, 0.5) is 5.82 Å². The first-order valence-corrected chi connectivity index (χ1v) is 10.6. The highest BCUT2D eigenvalue weighted by atomic mass is 16.3. The number of carbonyl (C=O) groups excluding carboxylic acids is 1. The molecule has 3 heterocycles. The van der Waals surface area contributed by atoms with Crippen molar-refractivity contribution >= 4 is 11.7 Å². The Morgan fingerprint density at radius 1 is 1.19 bits per heavy atom. The second kappa shape index (κ2) is 8.65. The first kappa shape index (κ1) is 20.7. The third-order valence-electron chi connectivity index (χ3n) is 5.70. The maximum atomic E-state index is 12.7. The van der Waals surface area contributed by atoms with Crippen molar-refractivity contribution in [2.45, 2.75) is 32.7 Å². The maximum absolute atomic E-state index is 12.7. The fraction of sp³-hybridized carbons (Fsp3) is 0.320. The zero-order valence-corrected chi connectivity index (χ0v) is 18.1. The molecule has 0 N–H and O–H groups in total. The topological polar surface area (TPSA) is 73.4 Å². The summed E-state index contributed by atoms with van der Waals surface area (Å²) < 4.78 is 5.28. The first-order valence-electron chi connectivity index (χ1n) is 10.6. The molecule has 6 nitrogen and oxygen atoms in total. The third-order valence-corrected chi connectivity index (χ3v) is 5.70. The quantitative estimate of drug-likeness (QED) is 0.619. The summed E-state index contributed by atoms with van der Waals surface area (Å²) in [6, 6.07) is 17.7. The van der Waals surface area contributed by atoms with E-state index in [2.05, 4.69) is 24.8 Å². The molecule has 1 atom stereocenters. The lowest BCUT2D eigenvalue weighted by Crippen LogP contribution is -2.54. The summed E-state index contributed by atoms with van der Waals surface area (Å²) in [5.74, 6) is 1.15. The molecule has 6 heteroatoms. The highest BCUT2D eigenvalue weighted by molar-refractivity contribution is 5.91. The summed E-state index contributed by atoms with van der Waals surface area (Å²) in [6.45, 7) is 8.02. The normalized spacial score (nSPS) is 16.4. The number of hydrogen-bond donors (Lipinski definition) is 0. The monoisotopic (exact) mass is 414 g/mol. The van der Waals surface area contributed by atoms with Gasteiger partial charge in [0.15, 0.2) is 5.76 Å². The molecule has 0 radical (unpaired) electrons. The van der Waals surface area contributed by atoms with Crippen LogP contribution in [0.2, 0.25) is 0 Å². The summed E-state index contributed by atoms with van der Waals surface area (Å²) in [5.41, 5.74) is 3.59. The lowest BCUT2D eigenvalue weighted by Gasteiger charge is -2.40. The Hall–Kier alpha value is -3.59. The van der Waals surface area contributed by atoms with E-state index >= 15 is 0 Å². The molecule has 158 valence electrons. The minimum absolute atomic E-state index is 0.0315. The Morgan fingerprint density at radius 3 is 2.58 bits per heavy atom. The van der Waals surface area contributed by atoms with E-state index in [9.17, 15) is 10.1 Å². The van der Waals surface area contributed by atoms with E-state index in [0.717, 1.165) is 16.8 Å². The van der Waals surface area contributed by atoms with Crippen LogP contribution >= 0.6 is 0 Å². The number of furan rings is 1. The molecule has 1 fully saturated rings. The summed E-state index contributed by atoms with van der Waals surface area (Å²) >= 11 is 0. The van der Waals surface area contributed by atoms with Crippen molar-refractivity contribution in [3.05, 3.63) is 71.8 Å². The fourth-order valence-electron chi connectivity index (χ4n) is 4.12. The van der Waals surface area contributed by atoms with Gasteiger partial charge in [-0.05, 0) is 36.6 Å². The zero-order chi connectivity index (χ0) is 22.0. The highest BCUT2D eigenvalue weighted by Crippen LogP contribution is 2.33. The number of piperazine rings is 1. The Kier molecular flexibility index (Phi) is 5.77. The molecule has 4 rings (SSSR count). The number of benzene rings is 1. The van der Waals surface area contributed by atoms with Gasteiger partial charge in [0.1, 0.15) is 11.9 Å². The first-order chi connectivity index (χ1) is 15.0. The largest absolute Gasteiger partial charge is 0.459 e. The van der Waals surface area contributed by atoms with Crippen LogP contribution in [-0.2, 0) is 0 Å². The second-order valence-corrected chi connectivity index (χ2v) is 8.20. The van der Waals surface area contributed by atoms with Gasteiger partial charge in [-0.1, -0.05) is 44.2 Å². The Balaban J connectivity index is 1.65. The number of aromatic nitrogens is 1.